The molecule has 4 nitrogen and oxygen atoms in total. The maximum absolute atomic E-state index is 12.8. The molecule has 1 aromatic heterocycles. The summed E-state index contributed by atoms with van der Waals surface area (Å²) in [6.45, 7) is 8.58. The molecule has 0 bridgehead atoms. The third kappa shape index (κ3) is 3.06. The lowest BCUT2D eigenvalue weighted by Crippen LogP contribution is -2.34. The molecule has 1 aromatic rings. The Bertz CT molecular complexity index is 534. The second-order valence-electron chi connectivity index (χ2n) is 7.95. The molecule has 0 N–H and O–H groups in total. The van der Waals surface area contributed by atoms with Gasteiger partial charge >= 0.3 is 0 Å². The van der Waals surface area contributed by atoms with Crippen LogP contribution in [-0.2, 0) is 12.8 Å². The van der Waals surface area contributed by atoms with Crippen molar-refractivity contribution in [1.29, 1.82) is 0 Å². The maximum Gasteiger partial charge on any atom is 0.276 e. The van der Waals surface area contributed by atoms with Crippen molar-refractivity contribution in [3.63, 3.8) is 0 Å². The van der Waals surface area contributed by atoms with Crippen LogP contribution in [0.4, 0.5) is 0 Å². The zero-order chi connectivity index (χ0) is 15.7. The highest BCUT2D eigenvalue weighted by atomic mass is 16.5. The molecule has 0 spiro atoms. The highest BCUT2D eigenvalue weighted by molar-refractivity contribution is 5.94. The Labute approximate surface area is 133 Å². The first-order chi connectivity index (χ1) is 10.5. The van der Waals surface area contributed by atoms with E-state index in [0.717, 1.165) is 56.5 Å². The summed E-state index contributed by atoms with van der Waals surface area (Å²) in [5, 5.41) is 4.15. The molecule has 0 aromatic carbocycles. The van der Waals surface area contributed by atoms with Crippen molar-refractivity contribution in [3.05, 3.63) is 17.0 Å². The molecule has 0 unspecified atom stereocenters. The second kappa shape index (κ2) is 6.05. The average Bonchev–Trinajstić information content (AvgIpc) is 2.70. The van der Waals surface area contributed by atoms with Crippen molar-refractivity contribution in [1.82, 2.24) is 10.1 Å². The van der Waals surface area contributed by atoms with Crippen LogP contribution in [0.3, 0.4) is 0 Å². The van der Waals surface area contributed by atoms with Crippen molar-refractivity contribution in [3.8, 4) is 0 Å². The quantitative estimate of drug-likeness (QED) is 0.792. The summed E-state index contributed by atoms with van der Waals surface area (Å²) >= 11 is 0. The maximum atomic E-state index is 12.8. The lowest BCUT2D eigenvalue weighted by Gasteiger charge is -2.33. The van der Waals surface area contributed by atoms with Gasteiger partial charge < -0.3 is 9.42 Å². The molecule has 1 amide bonds. The highest BCUT2D eigenvalue weighted by Crippen LogP contribution is 2.38. The highest BCUT2D eigenvalue weighted by Gasteiger charge is 2.35. The number of carbonyl (C=O) groups is 1. The van der Waals surface area contributed by atoms with Crippen molar-refractivity contribution in [2.75, 3.05) is 13.1 Å². The van der Waals surface area contributed by atoms with Gasteiger partial charge in [0.1, 0.15) is 5.76 Å². The Morgan fingerprint density at radius 3 is 2.50 bits per heavy atom. The molecule has 122 valence electrons. The Hall–Kier alpha value is -1.32. The lowest BCUT2D eigenvalue weighted by atomic mass is 9.71. The molecule has 2 heterocycles. The third-order valence-electron chi connectivity index (χ3n) is 5.36. The molecule has 2 aliphatic rings. The van der Waals surface area contributed by atoms with E-state index in [2.05, 4.69) is 25.9 Å². The second-order valence-corrected chi connectivity index (χ2v) is 7.95. The van der Waals surface area contributed by atoms with Crippen LogP contribution in [0.2, 0.25) is 0 Å². The van der Waals surface area contributed by atoms with E-state index in [1.54, 1.807) is 0 Å². The zero-order valence-electron chi connectivity index (χ0n) is 14.2. The van der Waals surface area contributed by atoms with Gasteiger partial charge in [-0.1, -0.05) is 38.8 Å². The van der Waals surface area contributed by atoms with Crippen LogP contribution in [-0.4, -0.2) is 29.1 Å². The summed E-state index contributed by atoms with van der Waals surface area (Å²) in [7, 11) is 0. The minimum absolute atomic E-state index is 0.0847. The van der Waals surface area contributed by atoms with E-state index in [1.165, 1.54) is 12.8 Å². The van der Waals surface area contributed by atoms with Gasteiger partial charge in [-0.3, -0.25) is 4.79 Å². The number of hydrogen-bond donors (Lipinski definition) is 0. The summed E-state index contributed by atoms with van der Waals surface area (Å²) in [5.74, 6) is 1.62. The summed E-state index contributed by atoms with van der Waals surface area (Å²) in [6.07, 6.45) is 7.64. The minimum Gasteiger partial charge on any atom is -0.360 e. The molecule has 1 aliphatic carbocycles. The molecule has 1 aliphatic heterocycles. The van der Waals surface area contributed by atoms with Crippen LogP contribution in [0.15, 0.2) is 4.52 Å². The molecule has 1 atom stereocenters. The lowest BCUT2D eigenvalue weighted by molar-refractivity contribution is 0.0749. The van der Waals surface area contributed by atoms with Gasteiger partial charge in [0, 0.05) is 25.1 Å². The monoisotopic (exact) mass is 304 g/mol. The van der Waals surface area contributed by atoms with Gasteiger partial charge in [0.25, 0.3) is 5.91 Å². The Morgan fingerprint density at radius 2 is 1.86 bits per heavy atom. The van der Waals surface area contributed by atoms with Crippen LogP contribution < -0.4 is 0 Å². The summed E-state index contributed by atoms with van der Waals surface area (Å²) < 4.78 is 5.49. The number of carbonyl (C=O) groups excluding carboxylic acids is 1. The summed E-state index contributed by atoms with van der Waals surface area (Å²) in [5.41, 5.74) is 1.93. The first kappa shape index (κ1) is 15.6. The fourth-order valence-corrected chi connectivity index (χ4v) is 3.73. The number of fused-ring (bicyclic) bond motifs is 1. The van der Waals surface area contributed by atoms with E-state index in [1.807, 2.05) is 4.90 Å². The SMILES string of the molecule is CC(C)(C)[C@H]1CCc2onc(C(=O)N3CCCCCC3)c2C1. The molecular formula is C18H28N2O2. The number of rotatable bonds is 1. The topological polar surface area (TPSA) is 46.3 Å². The summed E-state index contributed by atoms with van der Waals surface area (Å²) in [6, 6.07) is 0. The molecular weight excluding hydrogens is 276 g/mol. The van der Waals surface area contributed by atoms with Crippen LogP contribution >= 0.6 is 0 Å². The number of aryl methyl sites for hydroxylation is 1. The fraction of sp³-hybridized carbons (Fsp3) is 0.778. The Balaban J connectivity index is 1.81. The van der Waals surface area contributed by atoms with Crippen molar-refractivity contribution in [2.45, 2.75) is 65.7 Å². The third-order valence-corrected chi connectivity index (χ3v) is 5.36. The van der Waals surface area contributed by atoms with Gasteiger partial charge in [-0.2, -0.15) is 0 Å². The number of hydrogen-bond acceptors (Lipinski definition) is 3. The van der Waals surface area contributed by atoms with Gasteiger partial charge in [-0.05, 0) is 37.0 Å². The molecule has 4 heteroatoms. The van der Waals surface area contributed by atoms with Crippen LogP contribution in [0, 0.1) is 11.3 Å². The van der Waals surface area contributed by atoms with Gasteiger partial charge in [-0.25, -0.2) is 0 Å². The Morgan fingerprint density at radius 1 is 1.18 bits per heavy atom. The molecule has 1 saturated heterocycles. The number of aromatic nitrogens is 1. The normalized spacial score (nSPS) is 23.0. The van der Waals surface area contributed by atoms with Crippen molar-refractivity contribution in [2.24, 2.45) is 11.3 Å². The summed E-state index contributed by atoms with van der Waals surface area (Å²) in [4.78, 5) is 14.8. The molecule has 1 fully saturated rings. The smallest absolute Gasteiger partial charge is 0.276 e. The van der Waals surface area contributed by atoms with E-state index in [0.29, 0.717) is 11.6 Å². The standard InChI is InChI=1S/C18H28N2O2/c1-18(2,3)13-8-9-15-14(12-13)16(19-22-15)17(21)20-10-6-4-5-7-11-20/h13H,4-12H2,1-3H3/t13-/m0/s1. The van der Waals surface area contributed by atoms with Crippen molar-refractivity contribution < 1.29 is 9.32 Å². The van der Waals surface area contributed by atoms with E-state index in [4.69, 9.17) is 4.52 Å². The van der Waals surface area contributed by atoms with Crippen molar-refractivity contribution >= 4 is 5.91 Å². The first-order valence-corrected chi connectivity index (χ1v) is 8.73. The van der Waals surface area contributed by atoms with Crippen LogP contribution in [0.25, 0.3) is 0 Å². The molecule has 0 saturated carbocycles. The predicted molar refractivity (Wildman–Crippen MR) is 85.8 cm³/mol. The number of likely N-dealkylation sites (tertiary alicyclic amines) is 1. The van der Waals surface area contributed by atoms with Gasteiger partial charge in [0.05, 0.1) is 0 Å². The van der Waals surface area contributed by atoms with Gasteiger partial charge in [-0.15, -0.1) is 0 Å². The van der Waals surface area contributed by atoms with E-state index < -0.39 is 0 Å². The Kier molecular flexibility index (Phi) is 4.28. The number of amides is 1. The van der Waals surface area contributed by atoms with E-state index in [9.17, 15) is 4.79 Å². The van der Waals surface area contributed by atoms with E-state index in [-0.39, 0.29) is 11.3 Å². The zero-order valence-corrected chi connectivity index (χ0v) is 14.2. The average molecular weight is 304 g/mol. The molecule has 3 rings (SSSR count). The first-order valence-electron chi connectivity index (χ1n) is 8.73. The van der Waals surface area contributed by atoms with E-state index >= 15 is 0 Å². The van der Waals surface area contributed by atoms with Gasteiger partial charge in [0.2, 0.25) is 0 Å². The van der Waals surface area contributed by atoms with Crippen LogP contribution in [0.5, 0.6) is 0 Å². The molecule has 22 heavy (non-hydrogen) atoms. The fourth-order valence-electron chi connectivity index (χ4n) is 3.73. The van der Waals surface area contributed by atoms with Gasteiger partial charge in [0.15, 0.2) is 5.69 Å². The predicted octanol–water partition coefficient (Wildman–Crippen LogP) is 3.84. The number of nitrogens with zero attached hydrogens (tertiary/aromatic N) is 2. The minimum atomic E-state index is 0.0847. The largest absolute Gasteiger partial charge is 0.360 e. The van der Waals surface area contributed by atoms with Crippen LogP contribution in [0.1, 0.15) is 74.7 Å². The molecule has 0 radical (unpaired) electrons.